The molecule has 1 fully saturated rings. The summed E-state index contributed by atoms with van der Waals surface area (Å²) in [5.74, 6) is -0.0336. The molecule has 1 saturated heterocycles. The van der Waals surface area contributed by atoms with Gasteiger partial charge in [-0.25, -0.2) is 18.1 Å². The molecule has 1 aromatic carbocycles. The van der Waals surface area contributed by atoms with E-state index in [4.69, 9.17) is 11.6 Å². The van der Waals surface area contributed by atoms with Crippen molar-refractivity contribution in [3.8, 4) is 0 Å². The lowest BCUT2D eigenvalue weighted by molar-refractivity contribution is 0.566. The van der Waals surface area contributed by atoms with Gasteiger partial charge in [0.2, 0.25) is 10.0 Å². The first-order valence-electron chi connectivity index (χ1n) is 7.41. The topological polar surface area (TPSA) is 62.3 Å². The zero-order valence-corrected chi connectivity index (χ0v) is 14.9. The van der Waals surface area contributed by atoms with Crippen molar-refractivity contribution in [2.24, 2.45) is 0 Å². The molecule has 0 amide bonds. The summed E-state index contributed by atoms with van der Waals surface area (Å²) in [7, 11) is -3.36. The predicted octanol–water partition coefficient (Wildman–Crippen LogP) is 2.88. The van der Waals surface area contributed by atoms with Crippen molar-refractivity contribution in [1.82, 2.24) is 9.71 Å². The summed E-state index contributed by atoms with van der Waals surface area (Å²) in [4.78, 5) is 6.51. The van der Waals surface area contributed by atoms with Gasteiger partial charge in [-0.1, -0.05) is 23.7 Å². The summed E-state index contributed by atoms with van der Waals surface area (Å²) < 4.78 is 27.2. The van der Waals surface area contributed by atoms with Crippen LogP contribution in [-0.4, -0.2) is 32.5 Å². The summed E-state index contributed by atoms with van der Waals surface area (Å²) in [5.41, 5.74) is 0.727. The largest absolute Gasteiger partial charge is 0.344 e. The Kier molecular flexibility index (Phi) is 5.21. The zero-order valence-electron chi connectivity index (χ0n) is 12.5. The highest BCUT2D eigenvalue weighted by molar-refractivity contribution is 7.88. The number of thiazole rings is 1. The number of rotatable bonds is 6. The van der Waals surface area contributed by atoms with E-state index in [1.54, 1.807) is 41.8 Å². The Morgan fingerprint density at radius 1 is 1.35 bits per heavy atom. The van der Waals surface area contributed by atoms with Gasteiger partial charge in [0.15, 0.2) is 5.13 Å². The first-order chi connectivity index (χ1) is 11.0. The van der Waals surface area contributed by atoms with Crippen LogP contribution in [0.2, 0.25) is 5.02 Å². The van der Waals surface area contributed by atoms with Crippen LogP contribution in [0.5, 0.6) is 0 Å². The van der Waals surface area contributed by atoms with E-state index in [0.29, 0.717) is 11.6 Å². The smallest absolute Gasteiger partial charge is 0.215 e. The van der Waals surface area contributed by atoms with Crippen molar-refractivity contribution in [3.63, 3.8) is 0 Å². The van der Waals surface area contributed by atoms with Crippen molar-refractivity contribution in [1.29, 1.82) is 0 Å². The maximum Gasteiger partial charge on any atom is 0.215 e. The van der Waals surface area contributed by atoms with Crippen molar-refractivity contribution in [2.75, 3.05) is 18.0 Å². The van der Waals surface area contributed by atoms with Crippen LogP contribution >= 0.6 is 22.9 Å². The van der Waals surface area contributed by atoms with E-state index in [9.17, 15) is 8.42 Å². The quantitative estimate of drug-likeness (QED) is 0.848. The minimum Gasteiger partial charge on any atom is -0.344 e. The van der Waals surface area contributed by atoms with Crippen molar-refractivity contribution >= 4 is 38.1 Å². The van der Waals surface area contributed by atoms with Gasteiger partial charge in [0, 0.05) is 35.7 Å². The summed E-state index contributed by atoms with van der Waals surface area (Å²) in [6.45, 7) is 1.34. The summed E-state index contributed by atoms with van der Waals surface area (Å²) >= 11 is 7.41. The third kappa shape index (κ3) is 4.44. The fraction of sp³-hybridized carbons (Fsp3) is 0.400. The lowest BCUT2D eigenvalue weighted by Gasteiger charge is -2.24. The van der Waals surface area contributed by atoms with Crippen LogP contribution in [0, 0.1) is 0 Å². The van der Waals surface area contributed by atoms with Crippen molar-refractivity contribution in [2.45, 2.75) is 24.6 Å². The first kappa shape index (κ1) is 16.7. The normalized spacial score (nSPS) is 18.5. The monoisotopic (exact) mass is 371 g/mol. The SMILES string of the molecule is O=S(=O)(Cc1ccc(Cl)cc1)NCC1CCCN1c1nccs1. The van der Waals surface area contributed by atoms with Crippen LogP contribution in [0.4, 0.5) is 5.13 Å². The fourth-order valence-corrected chi connectivity index (χ4v) is 4.78. The van der Waals surface area contributed by atoms with Gasteiger partial charge in [-0.05, 0) is 30.5 Å². The molecule has 0 spiro atoms. The summed E-state index contributed by atoms with van der Waals surface area (Å²) in [5, 5.41) is 3.50. The Hall–Kier alpha value is -1.15. The van der Waals surface area contributed by atoms with Gasteiger partial charge in [0.1, 0.15) is 0 Å². The molecule has 0 bridgehead atoms. The molecular weight excluding hydrogens is 354 g/mol. The molecule has 124 valence electrons. The number of anilines is 1. The molecule has 1 atom stereocenters. The molecule has 2 aromatic rings. The maximum atomic E-state index is 12.3. The standard InChI is InChI=1S/C15H18ClN3O2S2/c16-13-5-3-12(4-6-13)11-23(20,21)18-10-14-2-1-8-19(14)15-17-7-9-22-15/h3-7,9,14,18H,1-2,8,10-11H2. The van der Waals surface area contributed by atoms with Crippen LogP contribution in [0.1, 0.15) is 18.4 Å². The minimum absolute atomic E-state index is 0.0336. The highest BCUT2D eigenvalue weighted by atomic mass is 35.5. The number of benzene rings is 1. The van der Waals surface area contributed by atoms with Crippen LogP contribution in [-0.2, 0) is 15.8 Å². The Morgan fingerprint density at radius 3 is 2.83 bits per heavy atom. The number of hydrogen-bond donors (Lipinski definition) is 1. The molecule has 5 nitrogen and oxygen atoms in total. The molecule has 1 aliphatic heterocycles. The second-order valence-corrected chi connectivity index (χ2v) is 8.65. The number of aromatic nitrogens is 1. The highest BCUT2D eigenvalue weighted by Gasteiger charge is 2.27. The van der Waals surface area contributed by atoms with Crippen molar-refractivity contribution in [3.05, 3.63) is 46.4 Å². The number of nitrogens with one attached hydrogen (secondary N) is 1. The number of nitrogens with zero attached hydrogens (tertiary/aromatic N) is 2. The molecule has 0 saturated carbocycles. The fourth-order valence-electron chi connectivity index (χ4n) is 2.73. The van der Waals surface area contributed by atoms with Crippen LogP contribution in [0.15, 0.2) is 35.8 Å². The molecular formula is C15H18ClN3O2S2. The third-order valence-electron chi connectivity index (χ3n) is 3.85. The van der Waals surface area contributed by atoms with Crippen LogP contribution < -0.4 is 9.62 Å². The second-order valence-electron chi connectivity index (χ2n) is 5.54. The minimum atomic E-state index is -3.36. The van der Waals surface area contributed by atoms with Gasteiger partial charge in [0.05, 0.1) is 5.75 Å². The van der Waals surface area contributed by atoms with Crippen LogP contribution in [0.25, 0.3) is 0 Å². The lowest BCUT2D eigenvalue weighted by atomic mass is 10.2. The molecule has 0 radical (unpaired) electrons. The summed E-state index contributed by atoms with van der Waals surface area (Å²) in [6, 6.07) is 7.04. The number of hydrogen-bond acceptors (Lipinski definition) is 5. The molecule has 3 rings (SSSR count). The molecule has 23 heavy (non-hydrogen) atoms. The predicted molar refractivity (Wildman–Crippen MR) is 94.6 cm³/mol. The van der Waals surface area contributed by atoms with E-state index in [0.717, 1.165) is 30.1 Å². The average Bonchev–Trinajstić information content (AvgIpc) is 3.17. The van der Waals surface area contributed by atoms with E-state index in [-0.39, 0.29) is 11.8 Å². The average molecular weight is 372 g/mol. The van der Waals surface area contributed by atoms with E-state index in [1.807, 2.05) is 5.38 Å². The maximum absolute atomic E-state index is 12.3. The third-order valence-corrected chi connectivity index (χ3v) is 6.23. The molecule has 1 unspecified atom stereocenters. The Morgan fingerprint density at radius 2 is 2.13 bits per heavy atom. The molecule has 2 heterocycles. The van der Waals surface area contributed by atoms with E-state index in [2.05, 4.69) is 14.6 Å². The number of halogens is 1. The molecule has 8 heteroatoms. The lowest BCUT2D eigenvalue weighted by Crippen LogP contribution is -2.40. The van der Waals surface area contributed by atoms with Gasteiger partial charge in [-0.2, -0.15) is 0 Å². The van der Waals surface area contributed by atoms with Gasteiger partial charge in [-0.3, -0.25) is 0 Å². The Balaban J connectivity index is 1.59. The second kappa shape index (κ2) is 7.17. The number of sulfonamides is 1. The van der Waals surface area contributed by atoms with Crippen LogP contribution in [0.3, 0.4) is 0 Å². The van der Waals surface area contributed by atoms with E-state index < -0.39 is 10.0 Å². The van der Waals surface area contributed by atoms with Crippen molar-refractivity contribution < 1.29 is 8.42 Å². The van der Waals surface area contributed by atoms with Gasteiger partial charge in [0.25, 0.3) is 0 Å². The molecule has 0 aliphatic carbocycles. The molecule has 1 N–H and O–H groups in total. The Labute approximate surface area is 145 Å². The summed E-state index contributed by atoms with van der Waals surface area (Å²) in [6.07, 6.45) is 3.81. The van der Waals surface area contributed by atoms with Gasteiger partial charge >= 0.3 is 0 Å². The zero-order chi connectivity index (χ0) is 16.3. The van der Waals surface area contributed by atoms with E-state index in [1.165, 1.54) is 0 Å². The highest BCUT2D eigenvalue weighted by Crippen LogP contribution is 2.26. The van der Waals surface area contributed by atoms with Gasteiger partial charge in [-0.15, -0.1) is 11.3 Å². The molecule has 1 aromatic heterocycles. The first-order valence-corrected chi connectivity index (χ1v) is 10.3. The van der Waals surface area contributed by atoms with E-state index >= 15 is 0 Å². The molecule has 1 aliphatic rings. The Bertz CT molecular complexity index is 733. The van der Waals surface area contributed by atoms with Gasteiger partial charge < -0.3 is 4.90 Å².